The van der Waals surface area contributed by atoms with Crippen molar-refractivity contribution in [1.82, 2.24) is 9.88 Å². The van der Waals surface area contributed by atoms with Crippen LogP contribution >= 0.6 is 0 Å². The van der Waals surface area contributed by atoms with Crippen molar-refractivity contribution in [3.05, 3.63) is 54.2 Å². The maximum Gasteiger partial charge on any atom is 0.219 e. The van der Waals surface area contributed by atoms with Gasteiger partial charge in [0.2, 0.25) is 5.91 Å². The zero-order chi connectivity index (χ0) is 14.7. The number of para-hydroxylation sites is 1. The monoisotopic (exact) mass is 281 g/mol. The highest BCUT2D eigenvalue weighted by Crippen LogP contribution is 2.31. The molecule has 3 rings (SSSR count). The van der Waals surface area contributed by atoms with Crippen LogP contribution in [0.3, 0.4) is 0 Å². The van der Waals surface area contributed by atoms with Crippen LogP contribution < -0.4 is 5.32 Å². The van der Waals surface area contributed by atoms with E-state index >= 15 is 0 Å². The van der Waals surface area contributed by atoms with E-state index in [4.69, 9.17) is 0 Å². The zero-order valence-corrected chi connectivity index (χ0v) is 12.1. The summed E-state index contributed by atoms with van der Waals surface area (Å²) in [5.74, 6) is 0.960. The highest BCUT2D eigenvalue weighted by Gasteiger charge is 2.27. The Balaban J connectivity index is 1.73. The first kappa shape index (κ1) is 13.6. The Labute approximate surface area is 124 Å². The first-order valence-electron chi connectivity index (χ1n) is 7.29. The van der Waals surface area contributed by atoms with Crippen molar-refractivity contribution in [1.29, 1.82) is 0 Å². The summed E-state index contributed by atoms with van der Waals surface area (Å²) in [5.41, 5.74) is 2.13. The fourth-order valence-electron chi connectivity index (χ4n) is 2.84. The lowest BCUT2D eigenvalue weighted by Gasteiger charge is -2.23. The zero-order valence-electron chi connectivity index (χ0n) is 12.1. The molecule has 1 aliphatic rings. The number of anilines is 2. The van der Waals surface area contributed by atoms with E-state index in [2.05, 4.69) is 16.4 Å². The molecule has 1 aromatic heterocycles. The van der Waals surface area contributed by atoms with E-state index in [1.165, 1.54) is 0 Å². The maximum absolute atomic E-state index is 11.6. The van der Waals surface area contributed by atoms with Crippen LogP contribution in [0.15, 0.2) is 48.7 Å². The number of aromatic nitrogens is 1. The Morgan fingerprint density at radius 3 is 2.71 bits per heavy atom. The van der Waals surface area contributed by atoms with Gasteiger partial charge >= 0.3 is 0 Å². The number of nitrogens with zero attached hydrogens (tertiary/aromatic N) is 2. The second-order valence-electron chi connectivity index (χ2n) is 5.34. The van der Waals surface area contributed by atoms with Gasteiger partial charge in [-0.25, -0.2) is 4.98 Å². The molecule has 1 aliphatic heterocycles. The molecule has 1 amide bonds. The van der Waals surface area contributed by atoms with Gasteiger partial charge in [-0.15, -0.1) is 0 Å². The number of nitrogens with one attached hydrogen (secondary N) is 1. The summed E-state index contributed by atoms with van der Waals surface area (Å²) in [5, 5.41) is 3.26. The van der Waals surface area contributed by atoms with E-state index in [9.17, 15) is 4.79 Å². The van der Waals surface area contributed by atoms with E-state index in [-0.39, 0.29) is 11.9 Å². The predicted octanol–water partition coefficient (Wildman–Crippen LogP) is 3.51. The largest absolute Gasteiger partial charge is 0.340 e. The van der Waals surface area contributed by atoms with E-state index < -0.39 is 0 Å². The Kier molecular flexibility index (Phi) is 3.86. The van der Waals surface area contributed by atoms with Crippen LogP contribution in [0.1, 0.15) is 31.4 Å². The topological polar surface area (TPSA) is 45.2 Å². The Bertz CT molecular complexity index is 610. The van der Waals surface area contributed by atoms with Crippen LogP contribution in [0, 0.1) is 0 Å². The van der Waals surface area contributed by atoms with Gasteiger partial charge in [-0.1, -0.05) is 24.3 Å². The summed E-state index contributed by atoms with van der Waals surface area (Å²) >= 11 is 0. The second kappa shape index (κ2) is 5.95. The van der Waals surface area contributed by atoms with Crippen molar-refractivity contribution in [2.24, 2.45) is 0 Å². The lowest BCUT2D eigenvalue weighted by Crippen LogP contribution is -2.28. The number of hydrogen-bond acceptors (Lipinski definition) is 3. The molecule has 1 N–H and O–H groups in total. The van der Waals surface area contributed by atoms with Gasteiger partial charge in [0.15, 0.2) is 0 Å². The summed E-state index contributed by atoms with van der Waals surface area (Å²) in [6, 6.07) is 14.2. The third kappa shape index (κ3) is 3.05. The number of rotatable bonds is 3. The molecule has 2 aromatic rings. The molecule has 1 fully saturated rings. The molecule has 0 saturated carbocycles. The first-order chi connectivity index (χ1) is 10.2. The highest BCUT2D eigenvalue weighted by atomic mass is 16.2. The fraction of sp³-hybridized carbons (Fsp3) is 0.294. The van der Waals surface area contributed by atoms with Crippen LogP contribution in [0.4, 0.5) is 11.5 Å². The van der Waals surface area contributed by atoms with E-state index in [1.54, 1.807) is 6.92 Å². The van der Waals surface area contributed by atoms with Crippen molar-refractivity contribution < 1.29 is 4.79 Å². The van der Waals surface area contributed by atoms with Gasteiger partial charge in [0, 0.05) is 25.4 Å². The van der Waals surface area contributed by atoms with E-state index in [0.717, 1.165) is 36.5 Å². The van der Waals surface area contributed by atoms with Gasteiger partial charge in [-0.2, -0.15) is 0 Å². The first-order valence-corrected chi connectivity index (χ1v) is 7.29. The van der Waals surface area contributed by atoms with Crippen molar-refractivity contribution in [2.75, 3.05) is 11.9 Å². The quantitative estimate of drug-likeness (QED) is 0.936. The Morgan fingerprint density at radius 2 is 2.05 bits per heavy atom. The summed E-state index contributed by atoms with van der Waals surface area (Å²) in [6.45, 7) is 2.49. The van der Waals surface area contributed by atoms with Crippen molar-refractivity contribution >= 4 is 17.4 Å². The van der Waals surface area contributed by atoms with Crippen LogP contribution in [-0.4, -0.2) is 22.3 Å². The Morgan fingerprint density at radius 1 is 1.24 bits per heavy atom. The van der Waals surface area contributed by atoms with Crippen LogP contribution in [-0.2, 0) is 4.79 Å². The molecule has 2 heterocycles. The lowest BCUT2D eigenvalue weighted by atomic mass is 10.1. The normalized spacial score (nSPS) is 17.8. The molecule has 0 aliphatic carbocycles. The van der Waals surface area contributed by atoms with Gasteiger partial charge in [-0.3, -0.25) is 4.79 Å². The standard InChI is InChI=1S/C17H19N3O/c1-13(21)20-11-5-8-16(20)14-9-10-17(18-12-14)19-15-6-3-2-4-7-15/h2-4,6-7,9-10,12,16H,5,8,11H2,1H3,(H,18,19). The maximum atomic E-state index is 11.6. The van der Waals surface area contributed by atoms with E-state index in [1.807, 2.05) is 47.5 Å². The highest BCUT2D eigenvalue weighted by molar-refractivity contribution is 5.74. The third-order valence-corrected chi connectivity index (χ3v) is 3.87. The second-order valence-corrected chi connectivity index (χ2v) is 5.34. The number of carbonyl (C=O) groups is 1. The number of hydrogen-bond donors (Lipinski definition) is 1. The minimum atomic E-state index is 0.143. The SMILES string of the molecule is CC(=O)N1CCCC1c1ccc(Nc2ccccc2)nc1. The Hall–Kier alpha value is -2.36. The minimum Gasteiger partial charge on any atom is -0.340 e. The number of pyridine rings is 1. The average molecular weight is 281 g/mol. The van der Waals surface area contributed by atoms with Crippen LogP contribution in [0.25, 0.3) is 0 Å². The molecule has 0 spiro atoms. The minimum absolute atomic E-state index is 0.143. The summed E-state index contributed by atoms with van der Waals surface area (Å²) in [4.78, 5) is 18.0. The molecule has 0 bridgehead atoms. The lowest BCUT2D eigenvalue weighted by molar-refractivity contribution is -0.129. The number of likely N-dealkylation sites (tertiary alicyclic amines) is 1. The van der Waals surface area contributed by atoms with E-state index in [0.29, 0.717) is 0 Å². The summed E-state index contributed by atoms with van der Waals surface area (Å²) in [7, 11) is 0. The van der Waals surface area contributed by atoms with Crippen molar-refractivity contribution in [3.8, 4) is 0 Å². The molecule has 1 saturated heterocycles. The van der Waals surface area contributed by atoms with Gasteiger partial charge in [-0.05, 0) is 36.6 Å². The molecule has 21 heavy (non-hydrogen) atoms. The van der Waals surface area contributed by atoms with Crippen LogP contribution in [0.2, 0.25) is 0 Å². The molecule has 1 aromatic carbocycles. The summed E-state index contributed by atoms with van der Waals surface area (Å²) < 4.78 is 0. The summed E-state index contributed by atoms with van der Waals surface area (Å²) in [6.07, 6.45) is 3.96. The smallest absolute Gasteiger partial charge is 0.219 e. The fourth-order valence-corrected chi connectivity index (χ4v) is 2.84. The predicted molar refractivity (Wildman–Crippen MR) is 83.3 cm³/mol. The van der Waals surface area contributed by atoms with Gasteiger partial charge in [0.25, 0.3) is 0 Å². The number of amides is 1. The molecule has 108 valence electrons. The molecule has 1 unspecified atom stereocenters. The molecule has 4 heteroatoms. The molecule has 4 nitrogen and oxygen atoms in total. The number of benzene rings is 1. The van der Waals surface area contributed by atoms with Gasteiger partial charge in [0.1, 0.15) is 5.82 Å². The van der Waals surface area contributed by atoms with Gasteiger partial charge < -0.3 is 10.2 Å². The molecular weight excluding hydrogens is 262 g/mol. The van der Waals surface area contributed by atoms with Crippen molar-refractivity contribution in [3.63, 3.8) is 0 Å². The van der Waals surface area contributed by atoms with Gasteiger partial charge in [0.05, 0.1) is 6.04 Å². The number of carbonyl (C=O) groups excluding carboxylic acids is 1. The molecule has 0 radical (unpaired) electrons. The van der Waals surface area contributed by atoms with Crippen molar-refractivity contribution in [2.45, 2.75) is 25.8 Å². The third-order valence-electron chi connectivity index (χ3n) is 3.87. The average Bonchev–Trinajstić information content (AvgIpc) is 2.99. The van der Waals surface area contributed by atoms with Crippen LogP contribution in [0.5, 0.6) is 0 Å². The molecular formula is C17H19N3O. The molecule has 1 atom stereocenters.